The van der Waals surface area contributed by atoms with Crippen molar-refractivity contribution in [2.24, 2.45) is 0 Å². The molecule has 10 heteroatoms. The van der Waals surface area contributed by atoms with Gasteiger partial charge in [-0.15, -0.1) is 0 Å². The molecule has 0 atom stereocenters. The van der Waals surface area contributed by atoms with Crippen LogP contribution in [0.25, 0.3) is 16.7 Å². The molecule has 2 aliphatic heterocycles. The van der Waals surface area contributed by atoms with Crippen LogP contribution in [0.1, 0.15) is 15.9 Å². The van der Waals surface area contributed by atoms with E-state index in [1.165, 1.54) is 0 Å². The molecule has 2 fully saturated rings. The summed E-state index contributed by atoms with van der Waals surface area (Å²) < 4.78 is 39.8. The van der Waals surface area contributed by atoms with Crippen molar-refractivity contribution in [2.45, 2.75) is 19.1 Å². The molecule has 0 bridgehead atoms. The van der Waals surface area contributed by atoms with Crippen molar-refractivity contribution in [3.05, 3.63) is 59.9 Å². The van der Waals surface area contributed by atoms with Crippen molar-refractivity contribution in [2.75, 3.05) is 39.3 Å². The highest BCUT2D eigenvalue weighted by Crippen LogP contribution is 2.25. The molecule has 5 rings (SSSR count). The zero-order valence-electron chi connectivity index (χ0n) is 18.6. The molecule has 0 aliphatic carbocycles. The van der Waals surface area contributed by atoms with Gasteiger partial charge in [-0.1, -0.05) is 6.07 Å². The number of likely N-dealkylation sites (tertiary alicyclic amines) is 1. The Kier molecular flexibility index (Phi) is 5.55. The van der Waals surface area contributed by atoms with Crippen LogP contribution in [0.15, 0.2) is 48.8 Å². The number of nitrogens with zero attached hydrogens (tertiary/aromatic N) is 5. The number of amides is 2. The molecule has 0 saturated carbocycles. The number of pyridine rings is 1. The Labute approximate surface area is 194 Å². The van der Waals surface area contributed by atoms with Crippen molar-refractivity contribution in [1.82, 2.24) is 24.3 Å². The van der Waals surface area contributed by atoms with Gasteiger partial charge < -0.3 is 14.4 Å². The molecule has 0 N–H and O–H groups in total. The molecule has 2 saturated heterocycles. The maximum absolute atomic E-state index is 13.0. The van der Waals surface area contributed by atoms with Gasteiger partial charge in [0.15, 0.2) is 0 Å². The van der Waals surface area contributed by atoms with Gasteiger partial charge in [-0.25, -0.2) is 4.98 Å². The van der Waals surface area contributed by atoms with E-state index in [0.717, 1.165) is 27.2 Å². The summed E-state index contributed by atoms with van der Waals surface area (Å²) in [5, 5.41) is 0.941. The summed E-state index contributed by atoms with van der Waals surface area (Å²) in [7, 11) is 0. The van der Waals surface area contributed by atoms with Gasteiger partial charge in [0.1, 0.15) is 5.82 Å². The Bertz CT molecular complexity index is 1220. The van der Waals surface area contributed by atoms with Crippen LogP contribution in [0.5, 0.6) is 0 Å². The second-order valence-electron chi connectivity index (χ2n) is 8.84. The van der Waals surface area contributed by atoms with Gasteiger partial charge in [0.25, 0.3) is 5.91 Å². The maximum atomic E-state index is 13.0. The van der Waals surface area contributed by atoms with E-state index in [9.17, 15) is 22.8 Å². The minimum atomic E-state index is -4.83. The second-order valence-corrected chi connectivity index (χ2v) is 8.84. The van der Waals surface area contributed by atoms with Crippen LogP contribution in [0, 0.1) is 6.92 Å². The number of carbonyl (C=O) groups excluding carboxylic acids is 2. The zero-order chi connectivity index (χ0) is 24.0. The lowest BCUT2D eigenvalue weighted by molar-refractivity contribution is -0.187. The van der Waals surface area contributed by atoms with Gasteiger partial charge in [-0.3, -0.25) is 14.5 Å². The summed E-state index contributed by atoms with van der Waals surface area (Å²) in [6.07, 6.45) is -1.09. The number of halogens is 3. The van der Waals surface area contributed by atoms with Crippen LogP contribution in [-0.2, 0) is 4.79 Å². The highest BCUT2D eigenvalue weighted by Gasteiger charge is 2.44. The van der Waals surface area contributed by atoms with Crippen LogP contribution in [0.2, 0.25) is 0 Å². The molecule has 34 heavy (non-hydrogen) atoms. The molecule has 4 heterocycles. The summed E-state index contributed by atoms with van der Waals surface area (Å²) in [4.78, 5) is 33.5. The lowest BCUT2D eigenvalue weighted by Gasteiger charge is -2.48. The smallest absolute Gasteiger partial charge is 0.335 e. The molecule has 178 valence electrons. The molecule has 0 spiro atoms. The molecule has 0 radical (unpaired) electrons. The quantitative estimate of drug-likeness (QED) is 0.590. The summed E-state index contributed by atoms with van der Waals surface area (Å²) in [6.45, 7) is 3.88. The number of piperazine rings is 1. The monoisotopic (exact) mass is 471 g/mol. The van der Waals surface area contributed by atoms with Crippen molar-refractivity contribution in [1.29, 1.82) is 0 Å². The Hall–Kier alpha value is -3.40. The molecule has 2 aromatic heterocycles. The van der Waals surface area contributed by atoms with Crippen LogP contribution in [0.3, 0.4) is 0 Å². The third kappa shape index (κ3) is 4.13. The first-order valence-electron chi connectivity index (χ1n) is 11.1. The first kappa shape index (κ1) is 22.4. The van der Waals surface area contributed by atoms with E-state index in [1.54, 1.807) is 4.90 Å². The van der Waals surface area contributed by atoms with Crippen LogP contribution in [0.4, 0.5) is 13.2 Å². The topological polar surface area (TPSA) is 61.7 Å². The Morgan fingerprint density at radius 3 is 2.35 bits per heavy atom. The van der Waals surface area contributed by atoms with Gasteiger partial charge in [0.2, 0.25) is 0 Å². The SMILES string of the molecule is Cc1ccc(-n2ccc3cc(C(=O)N4CC(N5CCN(C(=O)C(F)(F)F)CC5)C4)ccc32)nc1. The predicted molar refractivity (Wildman–Crippen MR) is 120 cm³/mol. The molecule has 7 nitrogen and oxygen atoms in total. The molecule has 0 unspecified atom stereocenters. The van der Waals surface area contributed by atoms with Gasteiger partial charge in [0, 0.05) is 68.7 Å². The summed E-state index contributed by atoms with van der Waals surface area (Å²) in [5.74, 6) is -1.03. The maximum Gasteiger partial charge on any atom is 0.471 e. The van der Waals surface area contributed by atoms with Crippen molar-refractivity contribution in [3.63, 3.8) is 0 Å². The number of alkyl halides is 3. The summed E-state index contributed by atoms with van der Waals surface area (Å²) in [6, 6.07) is 11.6. The highest BCUT2D eigenvalue weighted by atomic mass is 19.4. The van der Waals surface area contributed by atoms with E-state index < -0.39 is 12.1 Å². The van der Waals surface area contributed by atoms with Crippen molar-refractivity contribution < 1.29 is 22.8 Å². The predicted octanol–water partition coefficient (Wildman–Crippen LogP) is 2.86. The standard InChI is InChI=1S/C24H24F3N5O2/c1-16-2-5-21(28-13-16)32-7-6-17-12-18(3-4-20(17)32)22(33)31-14-19(15-31)29-8-10-30(11-9-29)23(34)24(25,26)27/h2-7,12-13,19H,8-11,14-15H2,1H3. The number of aryl methyl sites for hydroxylation is 1. The lowest BCUT2D eigenvalue weighted by atomic mass is 10.0. The highest BCUT2D eigenvalue weighted by molar-refractivity contribution is 5.98. The van der Waals surface area contributed by atoms with Crippen molar-refractivity contribution in [3.8, 4) is 5.82 Å². The van der Waals surface area contributed by atoms with E-state index in [1.807, 2.05) is 60.3 Å². The fourth-order valence-electron chi connectivity index (χ4n) is 4.58. The number of carbonyl (C=O) groups is 2. The Morgan fingerprint density at radius 2 is 1.71 bits per heavy atom. The van der Waals surface area contributed by atoms with E-state index in [0.29, 0.717) is 31.7 Å². The second kappa shape index (κ2) is 8.43. The minimum absolute atomic E-state index is 0.0479. The number of hydrogen-bond acceptors (Lipinski definition) is 4. The van der Waals surface area contributed by atoms with Crippen LogP contribution >= 0.6 is 0 Å². The van der Waals surface area contributed by atoms with Crippen LogP contribution < -0.4 is 0 Å². The average molecular weight is 471 g/mol. The van der Waals surface area contributed by atoms with Gasteiger partial charge in [-0.2, -0.15) is 13.2 Å². The van der Waals surface area contributed by atoms with Gasteiger partial charge in [0.05, 0.1) is 5.52 Å². The summed E-state index contributed by atoms with van der Waals surface area (Å²) >= 11 is 0. The molecule has 3 aromatic rings. The number of fused-ring (bicyclic) bond motifs is 1. The molecular formula is C24H24F3N5O2. The number of benzene rings is 1. The minimum Gasteiger partial charge on any atom is -0.335 e. The third-order valence-corrected chi connectivity index (χ3v) is 6.59. The lowest BCUT2D eigenvalue weighted by Crippen LogP contribution is -2.65. The first-order chi connectivity index (χ1) is 16.2. The van der Waals surface area contributed by atoms with Crippen molar-refractivity contribution >= 4 is 22.7 Å². The van der Waals surface area contributed by atoms with E-state index in [2.05, 4.69) is 9.88 Å². The Balaban J connectivity index is 1.19. The fourth-order valence-corrected chi connectivity index (χ4v) is 4.58. The first-order valence-corrected chi connectivity index (χ1v) is 11.1. The van der Waals surface area contributed by atoms with Crippen LogP contribution in [-0.4, -0.2) is 87.6 Å². The van der Waals surface area contributed by atoms with E-state index in [4.69, 9.17) is 0 Å². The van der Waals surface area contributed by atoms with Gasteiger partial charge >= 0.3 is 12.1 Å². The average Bonchev–Trinajstić information content (AvgIpc) is 3.21. The number of rotatable bonds is 3. The Morgan fingerprint density at radius 1 is 0.971 bits per heavy atom. The molecule has 2 amide bonds. The van der Waals surface area contributed by atoms with E-state index >= 15 is 0 Å². The largest absolute Gasteiger partial charge is 0.471 e. The molecular weight excluding hydrogens is 447 g/mol. The normalized spacial score (nSPS) is 17.8. The molecule has 2 aliphatic rings. The number of hydrogen-bond donors (Lipinski definition) is 0. The van der Waals surface area contributed by atoms with Gasteiger partial charge in [-0.05, 0) is 42.8 Å². The number of aromatic nitrogens is 2. The third-order valence-electron chi connectivity index (χ3n) is 6.59. The zero-order valence-corrected chi connectivity index (χ0v) is 18.6. The summed E-state index contributed by atoms with van der Waals surface area (Å²) in [5.41, 5.74) is 2.64. The fraction of sp³-hybridized carbons (Fsp3) is 0.375. The van der Waals surface area contributed by atoms with E-state index in [-0.39, 0.29) is 25.0 Å². The molecule has 1 aromatic carbocycles.